The molecule has 0 fully saturated rings. The predicted octanol–water partition coefficient (Wildman–Crippen LogP) is 3.81. The third-order valence-corrected chi connectivity index (χ3v) is 5.90. The van der Waals surface area contributed by atoms with Crippen molar-refractivity contribution < 1.29 is 28.9 Å². The first-order chi connectivity index (χ1) is 15.1. The number of carbonyl (C=O) groups excluding carboxylic acids is 1. The second-order valence-electron chi connectivity index (χ2n) is 7.30. The molecule has 31 heavy (non-hydrogen) atoms. The molecule has 1 N–H and O–H groups in total. The Morgan fingerprint density at radius 3 is 2.48 bits per heavy atom. The van der Waals surface area contributed by atoms with Gasteiger partial charge in [0.05, 0.1) is 7.11 Å². The van der Waals surface area contributed by atoms with Crippen LogP contribution in [-0.4, -0.2) is 31.3 Å². The quantitative estimate of drug-likeness (QED) is 0.640. The number of methoxy groups -OCH3 is 1. The van der Waals surface area contributed by atoms with Crippen LogP contribution >= 0.6 is 0 Å². The molecule has 3 aromatic carbocycles. The Morgan fingerprint density at radius 1 is 1.03 bits per heavy atom. The average molecular weight is 414 g/mol. The average Bonchev–Trinajstić information content (AvgIpc) is 3.39. The highest BCUT2D eigenvalue weighted by molar-refractivity contribution is 6.12. The van der Waals surface area contributed by atoms with Gasteiger partial charge in [-0.1, -0.05) is 42.5 Å². The zero-order valence-corrected chi connectivity index (χ0v) is 16.6. The summed E-state index contributed by atoms with van der Waals surface area (Å²) in [5.74, 6) is 0.652. The predicted molar refractivity (Wildman–Crippen MR) is 113 cm³/mol. The monoisotopic (exact) mass is 414 g/mol. The third kappa shape index (κ3) is 2.58. The molecule has 0 radical (unpaired) electrons. The molecule has 1 heterocycles. The highest BCUT2D eigenvalue weighted by Crippen LogP contribution is 2.53. The number of carbonyl (C=O) groups is 2. The third-order valence-electron chi connectivity index (χ3n) is 5.90. The molecular weight excluding hydrogens is 396 g/mol. The lowest BCUT2D eigenvalue weighted by Crippen LogP contribution is -2.38. The van der Waals surface area contributed by atoms with Crippen LogP contribution in [0.25, 0.3) is 5.57 Å². The summed E-state index contributed by atoms with van der Waals surface area (Å²) in [5, 5.41) is 10.5. The standard InChI is InChI=1S/C25H18O6/c1-29-17-9-7-16(8-10-17)25(24(27)28)19-5-3-2-4-18(19)23(20(25)13-26)15-6-11-21-22(12-15)31-14-30-21/h2-13H,14H2,1H3,(H,27,28). The summed E-state index contributed by atoms with van der Waals surface area (Å²) in [5.41, 5.74) is 1.51. The molecule has 3 aromatic rings. The molecule has 0 saturated carbocycles. The minimum absolute atomic E-state index is 0.125. The lowest BCUT2D eigenvalue weighted by Gasteiger charge is -2.28. The molecular formula is C25H18O6. The van der Waals surface area contributed by atoms with Crippen molar-refractivity contribution in [2.45, 2.75) is 5.41 Å². The van der Waals surface area contributed by atoms with E-state index in [-0.39, 0.29) is 12.4 Å². The van der Waals surface area contributed by atoms with E-state index in [0.29, 0.717) is 51.4 Å². The van der Waals surface area contributed by atoms with E-state index in [4.69, 9.17) is 14.2 Å². The number of fused-ring (bicyclic) bond motifs is 2. The van der Waals surface area contributed by atoms with Crippen LogP contribution < -0.4 is 14.2 Å². The Bertz CT molecular complexity index is 1240. The van der Waals surface area contributed by atoms with Gasteiger partial charge in [0.1, 0.15) is 17.5 Å². The van der Waals surface area contributed by atoms with Gasteiger partial charge in [-0.3, -0.25) is 9.59 Å². The SMILES string of the molecule is COc1ccc(C2(C(=O)O)C(C=O)=C(c3ccc4c(c3)OCO4)c3ccccc32)cc1. The molecule has 1 unspecified atom stereocenters. The van der Waals surface area contributed by atoms with Crippen LogP contribution in [0.2, 0.25) is 0 Å². The van der Waals surface area contributed by atoms with Crippen molar-refractivity contribution in [2.75, 3.05) is 13.9 Å². The van der Waals surface area contributed by atoms with E-state index >= 15 is 0 Å². The maximum Gasteiger partial charge on any atom is 0.323 e. The second-order valence-corrected chi connectivity index (χ2v) is 7.30. The van der Waals surface area contributed by atoms with Crippen LogP contribution in [0.3, 0.4) is 0 Å². The summed E-state index contributed by atoms with van der Waals surface area (Å²) >= 11 is 0. The van der Waals surface area contributed by atoms with E-state index in [0.717, 1.165) is 0 Å². The van der Waals surface area contributed by atoms with E-state index < -0.39 is 11.4 Å². The summed E-state index contributed by atoms with van der Waals surface area (Å²) < 4.78 is 16.1. The number of benzene rings is 3. The minimum atomic E-state index is -1.64. The number of carboxylic acids is 1. The molecule has 2 aliphatic rings. The molecule has 0 spiro atoms. The van der Waals surface area contributed by atoms with Crippen LogP contribution in [-0.2, 0) is 15.0 Å². The van der Waals surface area contributed by atoms with Gasteiger partial charge in [-0.15, -0.1) is 0 Å². The molecule has 0 saturated heterocycles. The smallest absolute Gasteiger partial charge is 0.323 e. The van der Waals surface area contributed by atoms with Crippen LogP contribution in [0.4, 0.5) is 0 Å². The van der Waals surface area contributed by atoms with Gasteiger partial charge in [0, 0.05) is 5.57 Å². The maximum atomic E-state index is 12.9. The van der Waals surface area contributed by atoms with Crippen molar-refractivity contribution in [1.29, 1.82) is 0 Å². The summed E-state index contributed by atoms with van der Waals surface area (Å²) in [6.45, 7) is 0.125. The fourth-order valence-electron chi connectivity index (χ4n) is 4.52. The highest BCUT2D eigenvalue weighted by atomic mass is 16.7. The summed E-state index contributed by atoms with van der Waals surface area (Å²) in [7, 11) is 1.54. The Balaban J connectivity index is 1.83. The Labute approximate surface area is 178 Å². The van der Waals surface area contributed by atoms with E-state index in [1.807, 2.05) is 18.2 Å². The van der Waals surface area contributed by atoms with Crippen molar-refractivity contribution in [1.82, 2.24) is 0 Å². The molecule has 1 aliphatic heterocycles. The van der Waals surface area contributed by atoms with E-state index in [2.05, 4.69) is 0 Å². The molecule has 0 aromatic heterocycles. The number of aliphatic carboxylic acids is 1. The highest BCUT2D eigenvalue weighted by Gasteiger charge is 2.52. The summed E-state index contributed by atoms with van der Waals surface area (Å²) in [4.78, 5) is 25.4. The van der Waals surface area contributed by atoms with Crippen molar-refractivity contribution in [3.05, 3.63) is 94.6 Å². The van der Waals surface area contributed by atoms with Gasteiger partial charge >= 0.3 is 5.97 Å². The zero-order chi connectivity index (χ0) is 21.6. The van der Waals surface area contributed by atoms with E-state index in [1.54, 1.807) is 55.6 Å². The molecule has 5 rings (SSSR count). The minimum Gasteiger partial charge on any atom is -0.497 e. The molecule has 1 aliphatic carbocycles. The molecule has 0 bridgehead atoms. The van der Waals surface area contributed by atoms with Crippen LogP contribution in [0.15, 0.2) is 72.3 Å². The topological polar surface area (TPSA) is 82.1 Å². The van der Waals surface area contributed by atoms with Gasteiger partial charge in [0.2, 0.25) is 6.79 Å². The first-order valence-corrected chi connectivity index (χ1v) is 9.69. The number of hydrogen-bond acceptors (Lipinski definition) is 5. The van der Waals surface area contributed by atoms with Gasteiger partial charge in [-0.25, -0.2) is 0 Å². The fraction of sp³-hybridized carbons (Fsp3) is 0.120. The lowest BCUT2D eigenvalue weighted by atomic mass is 9.72. The second kappa shape index (κ2) is 7.02. The van der Waals surface area contributed by atoms with Crippen molar-refractivity contribution >= 4 is 17.8 Å². The van der Waals surface area contributed by atoms with Crippen LogP contribution in [0, 0.1) is 0 Å². The Hall–Kier alpha value is -4.06. The normalized spacial score (nSPS) is 18.6. The number of hydrogen-bond donors (Lipinski definition) is 1. The number of rotatable bonds is 5. The van der Waals surface area contributed by atoms with Gasteiger partial charge in [0.25, 0.3) is 0 Å². The lowest BCUT2D eigenvalue weighted by molar-refractivity contribution is -0.141. The largest absolute Gasteiger partial charge is 0.497 e. The van der Waals surface area contributed by atoms with Crippen LogP contribution in [0.5, 0.6) is 17.2 Å². The molecule has 6 heteroatoms. The van der Waals surface area contributed by atoms with Gasteiger partial charge < -0.3 is 19.3 Å². The molecule has 6 nitrogen and oxygen atoms in total. The van der Waals surface area contributed by atoms with Gasteiger partial charge in [-0.05, 0) is 52.1 Å². The van der Waals surface area contributed by atoms with E-state index in [1.165, 1.54) is 0 Å². The molecule has 0 amide bonds. The van der Waals surface area contributed by atoms with Crippen molar-refractivity contribution in [2.24, 2.45) is 0 Å². The van der Waals surface area contributed by atoms with Gasteiger partial charge in [0.15, 0.2) is 11.5 Å². The first-order valence-electron chi connectivity index (χ1n) is 9.69. The molecule has 1 atom stereocenters. The Morgan fingerprint density at radius 2 is 1.77 bits per heavy atom. The number of carboxylic acid groups (broad SMARTS) is 1. The van der Waals surface area contributed by atoms with Crippen molar-refractivity contribution in [3.8, 4) is 17.2 Å². The Kier molecular flexibility index (Phi) is 4.29. The van der Waals surface area contributed by atoms with E-state index in [9.17, 15) is 14.7 Å². The van der Waals surface area contributed by atoms with Gasteiger partial charge in [-0.2, -0.15) is 0 Å². The number of aldehydes is 1. The zero-order valence-electron chi connectivity index (χ0n) is 16.6. The molecule has 154 valence electrons. The maximum absolute atomic E-state index is 12.9. The van der Waals surface area contributed by atoms with Crippen molar-refractivity contribution in [3.63, 3.8) is 0 Å². The van der Waals surface area contributed by atoms with Crippen LogP contribution in [0.1, 0.15) is 22.3 Å². The summed E-state index contributed by atoms with van der Waals surface area (Å²) in [6.07, 6.45) is 0.651. The number of ether oxygens (including phenoxy) is 3. The fourth-order valence-corrected chi connectivity index (χ4v) is 4.52. The summed E-state index contributed by atoms with van der Waals surface area (Å²) in [6, 6.07) is 19.4. The first kappa shape index (κ1) is 18.9.